The van der Waals surface area contributed by atoms with Crippen molar-refractivity contribution in [2.45, 2.75) is 32.8 Å². The summed E-state index contributed by atoms with van der Waals surface area (Å²) in [5, 5.41) is 0. The Kier molecular flexibility index (Phi) is 4.71. The number of anilines is 2. The minimum Gasteiger partial charge on any atom is -0.487 e. The van der Waals surface area contributed by atoms with Crippen LogP contribution in [0, 0.1) is 0 Å². The Labute approximate surface area is 119 Å². The van der Waals surface area contributed by atoms with Gasteiger partial charge in [0, 0.05) is 0 Å². The van der Waals surface area contributed by atoms with Crippen molar-refractivity contribution in [3.05, 3.63) is 18.2 Å². The summed E-state index contributed by atoms with van der Waals surface area (Å²) >= 11 is 0. The number of para-hydroxylation sites is 1. The van der Waals surface area contributed by atoms with E-state index in [0.29, 0.717) is 18.8 Å². The fourth-order valence-electron chi connectivity index (χ4n) is 2.30. The molecule has 1 heterocycles. The van der Waals surface area contributed by atoms with Crippen LogP contribution in [-0.4, -0.2) is 31.8 Å². The van der Waals surface area contributed by atoms with Gasteiger partial charge in [-0.05, 0) is 25.5 Å². The Hall–Kier alpha value is -1.91. The highest BCUT2D eigenvalue weighted by Crippen LogP contribution is 2.37. The van der Waals surface area contributed by atoms with Crippen LogP contribution in [0.1, 0.15) is 26.7 Å². The number of benzene rings is 1. The molecule has 0 saturated carbocycles. The molecule has 5 heteroatoms. The number of rotatable bonds is 5. The lowest BCUT2D eigenvalue weighted by molar-refractivity contribution is -0.142. The van der Waals surface area contributed by atoms with Gasteiger partial charge in [-0.15, -0.1) is 0 Å². The number of carbonyl (C=O) groups is 1. The molecule has 0 amide bonds. The van der Waals surface area contributed by atoms with Crippen LogP contribution in [0.3, 0.4) is 0 Å². The lowest BCUT2D eigenvalue weighted by Crippen LogP contribution is -2.42. The van der Waals surface area contributed by atoms with Crippen molar-refractivity contribution in [2.24, 2.45) is 0 Å². The molecular weight excluding hydrogens is 256 g/mol. The van der Waals surface area contributed by atoms with Gasteiger partial charge in [0.05, 0.1) is 18.8 Å². The Morgan fingerprint density at radius 2 is 2.35 bits per heavy atom. The van der Waals surface area contributed by atoms with Gasteiger partial charge in [-0.25, -0.2) is 0 Å². The maximum absolute atomic E-state index is 11.9. The van der Waals surface area contributed by atoms with Crippen molar-refractivity contribution >= 4 is 17.3 Å². The first-order chi connectivity index (χ1) is 9.61. The molecule has 1 aliphatic rings. The van der Waals surface area contributed by atoms with E-state index in [2.05, 4.69) is 6.92 Å². The van der Waals surface area contributed by atoms with Gasteiger partial charge < -0.3 is 20.1 Å². The van der Waals surface area contributed by atoms with Crippen LogP contribution >= 0.6 is 0 Å². The average molecular weight is 278 g/mol. The molecule has 0 aliphatic carbocycles. The standard InChI is InChI=1S/C15H22N2O3/c1-3-4-8-19-14(18)10-17-9-11(2)20-13-7-5-6-12(16)15(13)17/h5-7,11H,3-4,8-10,16H2,1-2H3. The lowest BCUT2D eigenvalue weighted by atomic mass is 10.1. The van der Waals surface area contributed by atoms with Crippen molar-refractivity contribution in [1.29, 1.82) is 0 Å². The third-order valence-electron chi connectivity index (χ3n) is 3.23. The van der Waals surface area contributed by atoms with Gasteiger partial charge in [-0.2, -0.15) is 0 Å². The number of ether oxygens (including phenoxy) is 2. The van der Waals surface area contributed by atoms with E-state index in [1.165, 1.54) is 0 Å². The molecule has 0 saturated heterocycles. The summed E-state index contributed by atoms with van der Waals surface area (Å²) < 4.78 is 11.0. The number of nitrogen functional groups attached to an aromatic ring is 1. The highest BCUT2D eigenvalue weighted by Gasteiger charge is 2.26. The summed E-state index contributed by atoms with van der Waals surface area (Å²) in [6.07, 6.45) is 1.93. The van der Waals surface area contributed by atoms with E-state index in [9.17, 15) is 4.79 Å². The van der Waals surface area contributed by atoms with Crippen molar-refractivity contribution in [2.75, 3.05) is 30.3 Å². The van der Waals surface area contributed by atoms with E-state index < -0.39 is 0 Å². The van der Waals surface area contributed by atoms with Crippen molar-refractivity contribution in [3.8, 4) is 5.75 Å². The third kappa shape index (κ3) is 3.35. The van der Waals surface area contributed by atoms with Crippen LogP contribution in [0.2, 0.25) is 0 Å². The van der Waals surface area contributed by atoms with Crippen molar-refractivity contribution < 1.29 is 14.3 Å². The van der Waals surface area contributed by atoms with E-state index in [4.69, 9.17) is 15.2 Å². The maximum atomic E-state index is 11.9. The van der Waals surface area contributed by atoms with E-state index in [-0.39, 0.29) is 18.6 Å². The zero-order valence-electron chi connectivity index (χ0n) is 12.1. The number of nitrogens with two attached hydrogens (primary N) is 1. The molecule has 1 unspecified atom stereocenters. The van der Waals surface area contributed by atoms with E-state index in [1.54, 1.807) is 0 Å². The smallest absolute Gasteiger partial charge is 0.325 e. The fraction of sp³-hybridized carbons (Fsp3) is 0.533. The molecule has 0 aromatic heterocycles. The van der Waals surface area contributed by atoms with Gasteiger partial charge in [0.15, 0.2) is 0 Å². The summed E-state index contributed by atoms with van der Waals surface area (Å²) in [4.78, 5) is 13.8. The predicted octanol–water partition coefficient (Wildman–Crippen LogP) is 2.20. The molecule has 1 aliphatic heterocycles. The highest BCUT2D eigenvalue weighted by molar-refractivity contribution is 5.82. The summed E-state index contributed by atoms with van der Waals surface area (Å²) in [5.41, 5.74) is 7.41. The van der Waals surface area contributed by atoms with Crippen LogP contribution in [0.5, 0.6) is 5.75 Å². The van der Waals surface area contributed by atoms with Crippen LogP contribution in [0.4, 0.5) is 11.4 Å². The molecule has 0 radical (unpaired) electrons. The van der Waals surface area contributed by atoms with Gasteiger partial charge >= 0.3 is 5.97 Å². The number of esters is 1. The maximum Gasteiger partial charge on any atom is 0.325 e. The van der Waals surface area contributed by atoms with E-state index in [0.717, 1.165) is 24.3 Å². The summed E-state index contributed by atoms with van der Waals surface area (Å²) in [7, 11) is 0. The van der Waals surface area contributed by atoms with E-state index >= 15 is 0 Å². The van der Waals surface area contributed by atoms with Gasteiger partial charge in [0.25, 0.3) is 0 Å². The molecule has 0 bridgehead atoms. The molecule has 1 aromatic rings. The second-order valence-corrected chi connectivity index (χ2v) is 5.08. The van der Waals surface area contributed by atoms with Gasteiger partial charge in [-0.1, -0.05) is 19.4 Å². The minimum absolute atomic E-state index is 0.0211. The molecular formula is C15H22N2O3. The number of carbonyl (C=O) groups excluding carboxylic acids is 1. The van der Waals surface area contributed by atoms with Gasteiger partial charge in [0.2, 0.25) is 0 Å². The summed E-state index contributed by atoms with van der Waals surface area (Å²) in [5.74, 6) is 0.506. The van der Waals surface area contributed by atoms with Crippen LogP contribution < -0.4 is 15.4 Å². The Morgan fingerprint density at radius 3 is 3.10 bits per heavy atom. The molecule has 20 heavy (non-hydrogen) atoms. The topological polar surface area (TPSA) is 64.8 Å². The number of hydrogen-bond acceptors (Lipinski definition) is 5. The van der Waals surface area contributed by atoms with E-state index in [1.807, 2.05) is 30.0 Å². The Balaban J connectivity index is 2.07. The minimum atomic E-state index is -0.221. The quantitative estimate of drug-likeness (QED) is 0.508. The Bertz CT molecular complexity index is 476. The molecule has 2 N–H and O–H groups in total. The van der Waals surface area contributed by atoms with Gasteiger partial charge in [-0.3, -0.25) is 4.79 Å². The molecule has 0 spiro atoms. The lowest BCUT2D eigenvalue weighted by Gasteiger charge is -2.35. The first-order valence-electron chi connectivity index (χ1n) is 7.07. The third-order valence-corrected chi connectivity index (χ3v) is 3.23. The number of fused-ring (bicyclic) bond motifs is 1. The zero-order valence-corrected chi connectivity index (χ0v) is 12.1. The van der Waals surface area contributed by atoms with Crippen LogP contribution in [0.15, 0.2) is 18.2 Å². The fourth-order valence-corrected chi connectivity index (χ4v) is 2.30. The van der Waals surface area contributed by atoms with Crippen LogP contribution in [-0.2, 0) is 9.53 Å². The zero-order chi connectivity index (χ0) is 14.5. The van der Waals surface area contributed by atoms with Crippen molar-refractivity contribution in [1.82, 2.24) is 0 Å². The number of unbranched alkanes of at least 4 members (excludes halogenated alkanes) is 1. The molecule has 2 rings (SSSR count). The van der Waals surface area contributed by atoms with Gasteiger partial charge in [0.1, 0.15) is 24.1 Å². The largest absolute Gasteiger partial charge is 0.487 e. The molecule has 0 fully saturated rings. The first-order valence-corrected chi connectivity index (χ1v) is 7.07. The second kappa shape index (κ2) is 6.50. The van der Waals surface area contributed by atoms with Crippen molar-refractivity contribution in [3.63, 3.8) is 0 Å². The molecule has 1 aromatic carbocycles. The molecule has 110 valence electrons. The van der Waals surface area contributed by atoms with Crippen LogP contribution in [0.25, 0.3) is 0 Å². The predicted molar refractivity (Wildman–Crippen MR) is 79.0 cm³/mol. The normalized spacial score (nSPS) is 17.3. The Morgan fingerprint density at radius 1 is 1.55 bits per heavy atom. The summed E-state index contributed by atoms with van der Waals surface area (Å²) in [6.45, 7) is 5.35. The highest BCUT2D eigenvalue weighted by atomic mass is 16.5. The number of hydrogen-bond donors (Lipinski definition) is 1. The SMILES string of the molecule is CCCCOC(=O)CN1CC(C)Oc2cccc(N)c21. The number of nitrogens with zero attached hydrogens (tertiary/aromatic N) is 1. The molecule has 5 nitrogen and oxygen atoms in total. The monoisotopic (exact) mass is 278 g/mol. The first kappa shape index (κ1) is 14.5. The average Bonchev–Trinajstić information content (AvgIpc) is 2.38. The summed E-state index contributed by atoms with van der Waals surface area (Å²) in [6, 6.07) is 5.54. The second-order valence-electron chi connectivity index (χ2n) is 5.08. The molecule has 1 atom stereocenters.